The van der Waals surface area contributed by atoms with E-state index in [2.05, 4.69) is 18.8 Å². The molecule has 1 aromatic carbocycles. The van der Waals surface area contributed by atoms with E-state index < -0.39 is 0 Å². The molecule has 0 aliphatic carbocycles. The van der Waals surface area contributed by atoms with Crippen LogP contribution in [0.1, 0.15) is 25.5 Å². The van der Waals surface area contributed by atoms with Gasteiger partial charge in [-0.15, -0.1) is 0 Å². The number of hydrogen-bond acceptors (Lipinski definition) is 3. The molecule has 2 N–H and O–H groups in total. The summed E-state index contributed by atoms with van der Waals surface area (Å²) < 4.78 is 7.21. The highest BCUT2D eigenvalue weighted by Gasteiger charge is 2.19. The first-order valence-corrected chi connectivity index (χ1v) is 7.02. The molecule has 0 aliphatic heterocycles. The number of methoxy groups -OCH3 is 1. The van der Waals surface area contributed by atoms with Gasteiger partial charge in [-0.1, -0.05) is 25.4 Å². The SMILES string of the molecule is COc1ccc(-n2cncc2C(CN)C(C)C)cc1Cl. The molecule has 0 saturated carbocycles. The molecule has 0 saturated heterocycles. The molecule has 1 atom stereocenters. The molecule has 5 heteroatoms. The van der Waals surface area contributed by atoms with Crippen molar-refractivity contribution in [3.05, 3.63) is 41.4 Å². The molecule has 0 spiro atoms. The van der Waals surface area contributed by atoms with Crippen molar-refractivity contribution >= 4 is 11.6 Å². The number of nitrogens with two attached hydrogens (primary N) is 1. The second-order valence-corrected chi connectivity index (χ2v) is 5.50. The van der Waals surface area contributed by atoms with Gasteiger partial charge in [0.15, 0.2) is 0 Å². The molecular formula is C15H20ClN3O. The number of rotatable bonds is 5. The van der Waals surface area contributed by atoms with Crippen molar-refractivity contribution in [2.24, 2.45) is 11.7 Å². The predicted molar refractivity (Wildman–Crippen MR) is 81.8 cm³/mol. The van der Waals surface area contributed by atoms with E-state index in [0.29, 0.717) is 23.2 Å². The zero-order valence-electron chi connectivity index (χ0n) is 12.0. The molecule has 0 bridgehead atoms. The van der Waals surface area contributed by atoms with Gasteiger partial charge in [-0.05, 0) is 24.1 Å². The fourth-order valence-electron chi connectivity index (χ4n) is 2.33. The van der Waals surface area contributed by atoms with Crippen LogP contribution in [0, 0.1) is 5.92 Å². The molecular weight excluding hydrogens is 274 g/mol. The Labute approximate surface area is 124 Å². The Balaban J connectivity index is 2.44. The van der Waals surface area contributed by atoms with E-state index in [9.17, 15) is 0 Å². The molecule has 1 unspecified atom stereocenters. The third-order valence-electron chi connectivity index (χ3n) is 3.52. The summed E-state index contributed by atoms with van der Waals surface area (Å²) in [4.78, 5) is 4.26. The number of hydrogen-bond donors (Lipinski definition) is 1. The van der Waals surface area contributed by atoms with E-state index in [1.54, 1.807) is 13.4 Å². The van der Waals surface area contributed by atoms with Crippen molar-refractivity contribution in [3.63, 3.8) is 0 Å². The van der Waals surface area contributed by atoms with Gasteiger partial charge < -0.3 is 15.0 Å². The van der Waals surface area contributed by atoms with Gasteiger partial charge in [0, 0.05) is 30.0 Å². The van der Waals surface area contributed by atoms with E-state index in [1.807, 2.05) is 29.0 Å². The van der Waals surface area contributed by atoms with Crippen LogP contribution in [-0.2, 0) is 0 Å². The Bertz CT molecular complexity index is 580. The van der Waals surface area contributed by atoms with Gasteiger partial charge >= 0.3 is 0 Å². The summed E-state index contributed by atoms with van der Waals surface area (Å²) >= 11 is 6.19. The lowest BCUT2D eigenvalue weighted by atomic mass is 9.93. The Morgan fingerprint density at radius 1 is 1.40 bits per heavy atom. The molecule has 20 heavy (non-hydrogen) atoms. The monoisotopic (exact) mass is 293 g/mol. The quantitative estimate of drug-likeness (QED) is 0.921. The Kier molecular flexibility index (Phi) is 4.68. The van der Waals surface area contributed by atoms with Crippen LogP contribution in [0.4, 0.5) is 0 Å². The van der Waals surface area contributed by atoms with E-state index in [1.165, 1.54) is 0 Å². The molecule has 2 aromatic rings. The second-order valence-electron chi connectivity index (χ2n) is 5.09. The maximum Gasteiger partial charge on any atom is 0.137 e. The summed E-state index contributed by atoms with van der Waals surface area (Å²) in [5, 5.41) is 0.582. The zero-order valence-corrected chi connectivity index (χ0v) is 12.8. The summed E-state index contributed by atoms with van der Waals surface area (Å²) in [6.45, 7) is 4.92. The number of nitrogens with zero attached hydrogens (tertiary/aromatic N) is 2. The number of imidazole rings is 1. The standard InChI is InChI=1S/C15H20ClN3O/c1-10(2)12(7-17)14-8-18-9-19(14)11-4-5-15(20-3)13(16)6-11/h4-6,8-10,12H,7,17H2,1-3H3. The first-order chi connectivity index (χ1) is 9.58. The minimum absolute atomic E-state index is 0.262. The number of benzene rings is 1. The van der Waals surface area contributed by atoms with E-state index in [0.717, 1.165) is 11.4 Å². The molecule has 108 valence electrons. The van der Waals surface area contributed by atoms with Crippen molar-refractivity contribution in [1.82, 2.24) is 9.55 Å². The van der Waals surface area contributed by atoms with Crippen LogP contribution in [0.25, 0.3) is 5.69 Å². The second kappa shape index (κ2) is 6.29. The van der Waals surface area contributed by atoms with Gasteiger partial charge in [-0.3, -0.25) is 0 Å². The summed E-state index contributed by atoms with van der Waals surface area (Å²) in [5.41, 5.74) is 7.96. The molecule has 1 heterocycles. The highest BCUT2D eigenvalue weighted by atomic mass is 35.5. The van der Waals surface area contributed by atoms with Crippen molar-refractivity contribution in [1.29, 1.82) is 0 Å². The number of aromatic nitrogens is 2. The third-order valence-corrected chi connectivity index (χ3v) is 3.81. The highest BCUT2D eigenvalue weighted by molar-refractivity contribution is 6.32. The first-order valence-electron chi connectivity index (χ1n) is 6.64. The van der Waals surface area contributed by atoms with E-state index in [4.69, 9.17) is 22.1 Å². The lowest BCUT2D eigenvalue weighted by molar-refractivity contribution is 0.415. The zero-order chi connectivity index (χ0) is 14.7. The average Bonchev–Trinajstić information content (AvgIpc) is 2.88. The van der Waals surface area contributed by atoms with Gasteiger partial charge in [-0.25, -0.2) is 4.98 Å². The van der Waals surface area contributed by atoms with Crippen LogP contribution in [0.15, 0.2) is 30.7 Å². The summed E-state index contributed by atoms with van der Waals surface area (Å²) in [7, 11) is 1.60. The minimum atomic E-state index is 0.262. The van der Waals surface area contributed by atoms with Crippen molar-refractivity contribution < 1.29 is 4.74 Å². The van der Waals surface area contributed by atoms with Crippen LogP contribution in [0.2, 0.25) is 5.02 Å². The van der Waals surface area contributed by atoms with Crippen LogP contribution in [-0.4, -0.2) is 23.2 Å². The Hall–Kier alpha value is -1.52. The van der Waals surface area contributed by atoms with Crippen molar-refractivity contribution in [2.75, 3.05) is 13.7 Å². The normalized spacial score (nSPS) is 12.7. The summed E-state index contributed by atoms with van der Waals surface area (Å²) in [6, 6.07) is 5.69. The Morgan fingerprint density at radius 3 is 2.70 bits per heavy atom. The molecule has 0 radical (unpaired) electrons. The number of ether oxygens (including phenoxy) is 1. The summed E-state index contributed by atoms with van der Waals surface area (Å²) in [6.07, 6.45) is 3.66. The van der Waals surface area contributed by atoms with Crippen LogP contribution >= 0.6 is 11.6 Å². The first kappa shape index (κ1) is 14.9. The van der Waals surface area contributed by atoms with Gasteiger partial charge in [0.1, 0.15) is 5.75 Å². The lowest BCUT2D eigenvalue weighted by Crippen LogP contribution is -2.20. The summed E-state index contributed by atoms with van der Waals surface area (Å²) in [5.74, 6) is 1.37. The number of halogens is 1. The minimum Gasteiger partial charge on any atom is -0.495 e. The maximum absolute atomic E-state index is 6.19. The molecule has 4 nitrogen and oxygen atoms in total. The highest BCUT2D eigenvalue weighted by Crippen LogP contribution is 2.30. The molecule has 0 amide bonds. The topological polar surface area (TPSA) is 53.1 Å². The van der Waals surface area contributed by atoms with Crippen LogP contribution in [0.3, 0.4) is 0 Å². The van der Waals surface area contributed by atoms with Gasteiger partial charge in [0.05, 0.1) is 18.5 Å². The van der Waals surface area contributed by atoms with Gasteiger partial charge in [0.25, 0.3) is 0 Å². The molecule has 1 aromatic heterocycles. The maximum atomic E-state index is 6.19. The molecule has 0 aliphatic rings. The van der Waals surface area contributed by atoms with E-state index in [-0.39, 0.29) is 5.92 Å². The largest absolute Gasteiger partial charge is 0.495 e. The average molecular weight is 294 g/mol. The predicted octanol–water partition coefficient (Wildman–Crippen LogP) is 3.23. The molecule has 0 fully saturated rings. The van der Waals surface area contributed by atoms with Crippen LogP contribution < -0.4 is 10.5 Å². The van der Waals surface area contributed by atoms with Crippen molar-refractivity contribution in [3.8, 4) is 11.4 Å². The third kappa shape index (κ3) is 2.81. The lowest BCUT2D eigenvalue weighted by Gasteiger charge is -2.21. The smallest absolute Gasteiger partial charge is 0.137 e. The fourth-order valence-corrected chi connectivity index (χ4v) is 2.59. The van der Waals surface area contributed by atoms with Gasteiger partial charge in [-0.2, -0.15) is 0 Å². The van der Waals surface area contributed by atoms with Crippen molar-refractivity contribution in [2.45, 2.75) is 19.8 Å². The van der Waals surface area contributed by atoms with Gasteiger partial charge in [0.2, 0.25) is 0 Å². The molecule has 2 rings (SSSR count). The van der Waals surface area contributed by atoms with Crippen LogP contribution in [0.5, 0.6) is 5.75 Å². The van der Waals surface area contributed by atoms with E-state index >= 15 is 0 Å². The fraction of sp³-hybridized carbons (Fsp3) is 0.400. The Morgan fingerprint density at radius 2 is 2.15 bits per heavy atom.